The van der Waals surface area contributed by atoms with Gasteiger partial charge in [0.15, 0.2) is 5.00 Å². The molecule has 3 aromatic rings. The predicted molar refractivity (Wildman–Crippen MR) is 126 cm³/mol. The van der Waals surface area contributed by atoms with Gasteiger partial charge >= 0.3 is 5.97 Å². The molecule has 0 saturated carbocycles. The molecule has 1 aromatic heterocycles. The van der Waals surface area contributed by atoms with Crippen molar-refractivity contribution >= 4 is 45.5 Å². The van der Waals surface area contributed by atoms with E-state index in [-0.39, 0.29) is 13.3 Å². The van der Waals surface area contributed by atoms with Crippen LogP contribution >= 0.6 is 11.5 Å². The number of benzene rings is 2. The number of carbonyl (C=O) groups excluding carboxylic acids is 1. The van der Waals surface area contributed by atoms with Gasteiger partial charge in [-0.2, -0.15) is 9.64 Å². The Bertz CT molecular complexity index is 1160. The molecule has 0 unspecified atom stereocenters. The van der Waals surface area contributed by atoms with Gasteiger partial charge in [-0.3, -0.25) is 4.79 Å². The topological polar surface area (TPSA) is 154 Å². The Kier molecular flexibility index (Phi) is 9.67. The number of amides is 1. The Morgan fingerprint density at radius 2 is 1.81 bits per heavy atom. The molecule has 9 nitrogen and oxygen atoms in total. The van der Waals surface area contributed by atoms with Crippen molar-refractivity contribution in [3.8, 4) is 6.07 Å². The normalized spacial score (nSPS) is 9.81. The largest absolute Gasteiger partial charge is 0.478 e. The van der Waals surface area contributed by atoms with E-state index in [1.165, 1.54) is 6.92 Å². The first kappa shape index (κ1) is 25.9. The van der Waals surface area contributed by atoms with E-state index in [4.69, 9.17) is 16.1 Å². The van der Waals surface area contributed by atoms with Gasteiger partial charge in [0.1, 0.15) is 17.3 Å². The van der Waals surface area contributed by atoms with Gasteiger partial charge in [-0.1, -0.05) is 25.1 Å². The molecular weight excluding hydrogens is 428 g/mol. The fraction of sp³-hybridized carbons (Fsp3) is 0.182. The number of nitrogens with one attached hydrogen (secondary N) is 1. The molecule has 0 fully saturated rings. The van der Waals surface area contributed by atoms with Crippen molar-refractivity contribution in [3.05, 3.63) is 64.8 Å². The highest BCUT2D eigenvalue weighted by atomic mass is 32.1. The lowest BCUT2D eigenvalue weighted by atomic mass is 10.2. The van der Waals surface area contributed by atoms with Crippen LogP contribution in [-0.4, -0.2) is 21.4 Å². The highest BCUT2D eigenvalue weighted by Gasteiger charge is 2.10. The predicted octanol–water partition coefficient (Wildman–Crippen LogP) is 5.61. The number of carbonyl (C=O) groups is 2. The van der Waals surface area contributed by atoms with Gasteiger partial charge in [-0.05, 0) is 55.7 Å². The molecule has 0 aliphatic carbocycles. The van der Waals surface area contributed by atoms with Crippen LogP contribution in [0.1, 0.15) is 41.5 Å². The molecule has 2 aromatic carbocycles. The summed E-state index contributed by atoms with van der Waals surface area (Å²) in [4.78, 5) is 21.5. The first-order chi connectivity index (χ1) is 14.7. The molecule has 32 heavy (non-hydrogen) atoms. The molecule has 0 saturated heterocycles. The molecule has 3 rings (SSSR count). The van der Waals surface area contributed by atoms with Crippen LogP contribution in [0.3, 0.4) is 0 Å². The Morgan fingerprint density at radius 3 is 2.38 bits per heavy atom. The van der Waals surface area contributed by atoms with Gasteiger partial charge in [0.05, 0.1) is 16.9 Å². The van der Waals surface area contributed by atoms with Crippen LogP contribution in [0.5, 0.6) is 0 Å². The maximum absolute atomic E-state index is 11.2. The van der Waals surface area contributed by atoms with E-state index in [0.717, 1.165) is 17.1 Å². The summed E-state index contributed by atoms with van der Waals surface area (Å²) in [5, 5.41) is 28.7. The summed E-state index contributed by atoms with van der Waals surface area (Å²) in [6.07, 6.45) is 0. The van der Waals surface area contributed by atoms with Crippen molar-refractivity contribution in [1.29, 1.82) is 5.26 Å². The van der Waals surface area contributed by atoms with Crippen LogP contribution in [0.25, 0.3) is 0 Å². The molecular formula is C22H24N6O3S. The molecule has 10 heteroatoms. The lowest BCUT2D eigenvalue weighted by molar-refractivity contribution is -0.114. The second-order valence-corrected chi connectivity index (χ2v) is 7.14. The number of hydrogen-bond acceptors (Lipinski definition) is 8. The third kappa shape index (κ3) is 7.30. The summed E-state index contributed by atoms with van der Waals surface area (Å²) in [6.45, 7) is 5.05. The number of carboxylic acids is 1. The molecule has 1 heterocycles. The van der Waals surface area contributed by atoms with Crippen molar-refractivity contribution in [3.63, 3.8) is 0 Å². The first-order valence-electron chi connectivity index (χ1n) is 8.96. The van der Waals surface area contributed by atoms with Crippen molar-refractivity contribution < 1.29 is 14.7 Å². The molecule has 1 amide bonds. The fourth-order valence-corrected chi connectivity index (χ4v) is 2.96. The quantitative estimate of drug-likeness (QED) is 0.345. The number of anilines is 2. The van der Waals surface area contributed by atoms with E-state index in [0.29, 0.717) is 38.9 Å². The number of aromatic nitrogens is 1. The Labute approximate surface area is 190 Å². The maximum atomic E-state index is 11.2. The Hall–Kier alpha value is -4.10. The molecule has 0 aliphatic heterocycles. The smallest absolute Gasteiger partial charge is 0.335 e. The van der Waals surface area contributed by atoms with Crippen molar-refractivity contribution in [2.24, 2.45) is 10.2 Å². The van der Waals surface area contributed by atoms with Crippen LogP contribution in [0.15, 0.2) is 52.7 Å². The van der Waals surface area contributed by atoms with E-state index in [1.54, 1.807) is 49.4 Å². The number of azo groups is 1. The van der Waals surface area contributed by atoms with Gasteiger partial charge in [-0.15, -0.1) is 10.2 Å². The van der Waals surface area contributed by atoms with Crippen LogP contribution in [-0.2, 0) is 4.79 Å². The molecule has 166 valence electrons. The zero-order valence-corrected chi connectivity index (χ0v) is 17.9. The summed E-state index contributed by atoms with van der Waals surface area (Å²) in [7, 11) is 0. The lowest BCUT2D eigenvalue weighted by Crippen LogP contribution is -2.06. The van der Waals surface area contributed by atoms with Gasteiger partial charge in [-0.25, -0.2) is 4.79 Å². The summed E-state index contributed by atoms with van der Waals surface area (Å²) in [5.41, 5.74) is 9.54. The summed E-state index contributed by atoms with van der Waals surface area (Å²) < 4.78 is 4.06. The second kappa shape index (κ2) is 11.9. The third-order valence-corrected chi connectivity index (χ3v) is 4.66. The minimum atomic E-state index is -0.875. The third-order valence-electron chi connectivity index (χ3n) is 3.83. The highest BCUT2D eigenvalue weighted by molar-refractivity contribution is 7.10. The van der Waals surface area contributed by atoms with E-state index in [9.17, 15) is 9.59 Å². The van der Waals surface area contributed by atoms with E-state index < -0.39 is 5.97 Å². The number of hydrogen-bond donors (Lipinski definition) is 3. The van der Waals surface area contributed by atoms with Crippen LogP contribution in [0, 0.1) is 25.2 Å². The molecule has 0 radical (unpaired) electrons. The number of nitrogens with two attached hydrogens (primary N) is 1. The lowest BCUT2D eigenvalue weighted by Gasteiger charge is -2.06. The minimum absolute atomic E-state index is 0. The van der Waals surface area contributed by atoms with Gasteiger partial charge < -0.3 is 16.2 Å². The van der Waals surface area contributed by atoms with Crippen LogP contribution in [0.4, 0.5) is 22.1 Å². The van der Waals surface area contributed by atoms with Gasteiger partial charge in [0.2, 0.25) is 5.91 Å². The monoisotopic (exact) mass is 452 g/mol. The number of nitrogen functional groups attached to an aromatic ring is 1. The molecule has 0 aliphatic rings. The average Bonchev–Trinajstić information content (AvgIpc) is 3.07. The maximum Gasteiger partial charge on any atom is 0.335 e. The van der Waals surface area contributed by atoms with E-state index >= 15 is 0 Å². The number of rotatable bonds is 4. The second-order valence-electron chi connectivity index (χ2n) is 6.39. The van der Waals surface area contributed by atoms with Crippen molar-refractivity contribution in [2.75, 3.05) is 11.1 Å². The van der Waals surface area contributed by atoms with Crippen LogP contribution < -0.4 is 11.1 Å². The van der Waals surface area contributed by atoms with E-state index in [2.05, 4.69) is 19.9 Å². The average molecular weight is 453 g/mol. The van der Waals surface area contributed by atoms with Crippen LogP contribution in [0.2, 0.25) is 0 Å². The Balaban J connectivity index is 0.000000393. The van der Waals surface area contributed by atoms with Crippen molar-refractivity contribution in [2.45, 2.75) is 28.2 Å². The minimum Gasteiger partial charge on any atom is -0.478 e. The zero-order chi connectivity index (χ0) is 23.0. The van der Waals surface area contributed by atoms with Gasteiger partial charge in [0, 0.05) is 12.6 Å². The number of aromatic carboxylic acids is 1. The number of carboxylic acid groups (broad SMARTS) is 1. The number of nitrogens with zero attached hydrogens (tertiary/aromatic N) is 4. The zero-order valence-electron chi connectivity index (χ0n) is 17.1. The number of aryl methyl sites for hydroxylation is 2. The molecule has 4 N–H and O–H groups in total. The van der Waals surface area contributed by atoms with E-state index in [1.807, 2.05) is 13.0 Å². The fourth-order valence-electron chi connectivity index (χ4n) is 2.28. The van der Waals surface area contributed by atoms with Crippen molar-refractivity contribution in [1.82, 2.24) is 4.37 Å². The first-order valence-corrected chi connectivity index (χ1v) is 9.73. The highest BCUT2D eigenvalue weighted by Crippen LogP contribution is 2.32. The van der Waals surface area contributed by atoms with Gasteiger partial charge in [0.25, 0.3) is 0 Å². The molecule has 0 bridgehead atoms. The number of nitriles is 1. The summed E-state index contributed by atoms with van der Waals surface area (Å²) in [5.74, 6) is -1.11. The summed E-state index contributed by atoms with van der Waals surface area (Å²) in [6, 6.07) is 13.7. The SMILES string of the molecule is C.CC(=O)Nc1cc(N)ccc1N=Nc1snc(C)c1C#N.Cc1ccc(C(=O)O)cc1. The Morgan fingerprint density at radius 1 is 1.16 bits per heavy atom. The summed E-state index contributed by atoms with van der Waals surface area (Å²) >= 11 is 1.10. The molecule has 0 spiro atoms. The standard InChI is InChI=1S/C13H12N6OS.C8H8O2.CH4/c1-7-10(6-14)13(21-19-7)18-17-11-4-3-9(15)5-12(11)16-8(2)20;1-6-2-4-7(5-3-6)8(9)10;/h3-5H,15H2,1-2H3,(H,16,20);2-5H,1H3,(H,9,10);1H4. The molecule has 0 atom stereocenters.